The highest BCUT2D eigenvalue weighted by molar-refractivity contribution is 7.10. The predicted octanol–water partition coefficient (Wildman–Crippen LogP) is 4.93. The van der Waals surface area contributed by atoms with E-state index in [1.54, 1.807) is 11.3 Å². The van der Waals surface area contributed by atoms with Gasteiger partial charge in [0.15, 0.2) is 0 Å². The first-order valence-electron chi connectivity index (χ1n) is 8.60. The molecular weight excluding hydrogens is 342 g/mol. The molecule has 0 aliphatic rings. The Kier molecular flexibility index (Phi) is 6.47. The van der Waals surface area contributed by atoms with Crippen molar-refractivity contribution in [3.63, 3.8) is 0 Å². The molecule has 0 radical (unpaired) electrons. The smallest absolute Gasteiger partial charge is 0.129 e. The Hall–Kier alpha value is -2.56. The Bertz CT molecular complexity index is 829. The molecule has 1 heterocycles. The average molecular weight is 365 g/mol. The molecule has 3 aromatic rings. The van der Waals surface area contributed by atoms with E-state index in [-0.39, 0.29) is 6.61 Å². The van der Waals surface area contributed by atoms with Gasteiger partial charge in [0.25, 0.3) is 0 Å². The lowest BCUT2D eigenvalue weighted by Gasteiger charge is -2.20. The zero-order valence-electron chi connectivity index (χ0n) is 14.8. The molecule has 0 aliphatic heterocycles. The van der Waals surface area contributed by atoms with Gasteiger partial charge in [-0.05, 0) is 41.3 Å². The molecule has 0 unspecified atom stereocenters. The zero-order chi connectivity index (χ0) is 18.2. The van der Waals surface area contributed by atoms with E-state index in [0.717, 1.165) is 22.6 Å². The standard InChI is InChI=1S/C22H23NO2S/c1-23(13-14-24)20-11-9-19(10-12-21-8-5-15-26-21)22(16-20)25-17-18-6-3-2-4-7-18/h2-12,15-16,24H,13-14,17H2,1H3. The Balaban J connectivity index is 1.84. The summed E-state index contributed by atoms with van der Waals surface area (Å²) in [5.74, 6) is 0.837. The van der Waals surface area contributed by atoms with Gasteiger partial charge >= 0.3 is 0 Å². The summed E-state index contributed by atoms with van der Waals surface area (Å²) in [4.78, 5) is 3.22. The van der Waals surface area contributed by atoms with Gasteiger partial charge in [0.05, 0.1) is 6.61 Å². The topological polar surface area (TPSA) is 32.7 Å². The third-order valence-corrected chi connectivity index (χ3v) is 4.92. The highest BCUT2D eigenvalue weighted by Crippen LogP contribution is 2.28. The van der Waals surface area contributed by atoms with E-state index in [4.69, 9.17) is 4.74 Å². The second-order valence-corrected chi connectivity index (χ2v) is 6.97. The van der Waals surface area contributed by atoms with E-state index in [2.05, 4.69) is 47.9 Å². The zero-order valence-corrected chi connectivity index (χ0v) is 15.7. The predicted molar refractivity (Wildman–Crippen MR) is 111 cm³/mol. The molecule has 26 heavy (non-hydrogen) atoms. The molecule has 134 valence electrons. The van der Waals surface area contributed by atoms with Gasteiger partial charge in [0.1, 0.15) is 12.4 Å². The minimum absolute atomic E-state index is 0.122. The second kappa shape index (κ2) is 9.22. The fourth-order valence-electron chi connectivity index (χ4n) is 2.60. The molecule has 0 aliphatic carbocycles. The van der Waals surface area contributed by atoms with Gasteiger partial charge in [-0.15, -0.1) is 11.3 Å². The lowest BCUT2D eigenvalue weighted by Crippen LogP contribution is -2.21. The number of hydrogen-bond acceptors (Lipinski definition) is 4. The number of likely N-dealkylation sites (N-methyl/N-ethyl adjacent to an activating group) is 1. The maximum Gasteiger partial charge on any atom is 0.129 e. The molecule has 0 saturated carbocycles. The van der Waals surface area contributed by atoms with Crippen LogP contribution in [0.2, 0.25) is 0 Å². The molecule has 0 amide bonds. The Morgan fingerprint density at radius 2 is 1.88 bits per heavy atom. The van der Waals surface area contributed by atoms with Gasteiger partial charge in [-0.1, -0.05) is 36.4 Å². The molecule has 0 bridgehead atoms. The van der Waals surface area contributed by atoms with Crippen molar-refractivity contribution in [3.05, 3.63) is 82.0 Å². The van der Waals surface area contributed by atoms with E-state index in [9.17, 15) is 5.11 Å². The van der Waals surface area contributed by atoms with Crippen LogP contribution in [0.1, 0.15) is 16.0 Å². The fraction of sp³-hybridized carbons (Fsp3) is 0.182. The van der Waals surface area contributed by atoms with Gasteiger partial charge < -0.3 is 14.7 Å². The van der Waals surface area contributed by atoms with Crippen LogP contribution in [0.3, 0.4) is 0 Å². The summed E-state index contributed by atoms with van der Waals surface area (Å²) >= 11 is 1.71. The summed E-state index contributed by atoms with van der Waals surface area (Å²) in [6.07, 6.45) is 4.19. The Labute approximate surface area is 158 Å². The van der Waals surface area contributed by atoms with Gasteiger partial charge in [-0.3, -0.25) is 0 Å². The molecule has 0 saturated heterocycles. The van der Waals surface area contributed by atoms with E-state index in [1.807, 2.05) is 42.3 Å². The molecular formula is C22H23NO2S. The number of nitrogens with zero attached hydrogens (tertiary/aromatic N) is 1. The molecule has 1 N–H and O–H groups in total. The minimum Gasteiger partial charge on any atom is -0.488 e. The van der Waals surface area contributed by atoms with Crippen molar-refractivity contribution in [1.29, 1.82) is 0 Å². The number of rotatable bonds is 8. The van der Waals surface area contributed by atoms with Crippen molar-refractivity contribution in [2.75, 3.05) is 25.1 Å². The fourth-order valence-corrected chi connectivity index (χ4v) is 3.21. The van der Waals surface area contributed by atoms with Gasteiger partial charge in [-0.2, -0.15) is 0 Å². The molecule has 0 atom stereocenters. The highest BCUT2D eigenvalue weighted by Gasteiger charge is 2.07. The summed E-state index contributed by atoms with van der Waals surface area (Å²) in [7, 11) is 1.97. The first-order valence-corrected chi connectivity index (χ1v) is 9.48. The maximum absolute atomic E-state index is 9.18. The molecule has 4 heteroatoms. The number of aliphatic hydroxyl groups is 1. The molecule has 3 rings (SSSR count). The van der Waals surface area contributed by atoms with Crippen LogP contribution in [0, 0.1) is 0 Å². The third kappa shape index (κ3) is 4.97. The lowest BCUT2D eigenvalue weighted by atomic mass is 10.1. The van der Waals surface area contributed by atoms with Crippen LogP contribution in [-0.2, 0) is 6.61 Å². The van der Waals surface area contributed by atoms with Gasteiger partial charge in [0.2, 0.25) is 0 Å². The number of anilines is 1. The molecule has 2 aromatic carbocycles. The third-order valence-electron chi connectivity index (χ3n) is 4.08. The highest BCUT2D eigenvalue weighted by atomic mass is 32.1. The first-order chi connectivity index (χ1) is 12.8. The monoisotopic (exact) mass is 365 g/mol. The van der Waals surface area contributed by atoms with Crippen LogP contribution in [0.4, 0.5) is 5.69 Å². The second-order valence-electron chi connectivity index (χ2n) is 5.99. The van der Waals surface area contributed by atoms with Crippen LogP contribution in [-0.4, -0.2) is 25.3 Å². The van der Waals surface area contributed by atoms with Crippen molar-refractivity contribution in [1.82, 2.24) is 0 Å². The number of thiophene rings is 1. The normalized spacial score (nSPS) is 11.0. The lowest BCUT2D eigenvalue weighted by molar-refractivity contribution is 0.302. The summed E-state index contributed by atoms with van der Waals surface area (Å²) in [5.41, 5.74) is 3.20. The van der Waals surface area contributed by atoms with Crippen LogP contribution < -0.4 is 9.64 Å². The summed E-state index contributed by atoms with van der Waals surface area (Å²) in [6.45, 7) is 1.23. The van der Waals surface area contributed by atoms with E-state index in [1.165, 1.54) is 4.88 Å². The number of aliphatic hydroxyl groups excluding tert-OH is 1. The SMILES string of the molecule is CN(CCO)c1ccc(C=Cc2cccs2)c(OCc2ccccc2)c1. The van der Waals surface area contributed by atoms with Crippen LogP contribution >= 0.6 is 11.3 Å². The van der Waals surface area contributed by atoms with Crippen LogP contribution in [0.25, 0.3) is 12.2 Å². The summed E-state index contributed by atoms with van der Waals surface area (Å²) in [5, 5.41) is 11.2. The van der Waals surface area contributed by atoms with Gasteiger partial charge in [-0.25, -0.2) is 0 Å². The van der Waals surface area contributed by atoms with Gasteiger partial charge in [0, 0.05) is 35.8 Å². The van der Waals surface area contributed by atoms with Crippen molar-refractivity contribution in [3.8, 4) is 5.75 Å². The molecule has 1 aromatic heterocycles. The largest absolute Gasteiger partial charge is 0.488 e. The van der Waals surface area contributed by atoms with E-state index < -0.39 is 0 Å². The quantitative estimate of drug-likeness (QED) is 0.615. The molecule has 0 fully saturated rings. The summed E-state index contributed by atoms with van der Waals surface area (Å²) < 4.78 is 6.13. The minimum atomic E-state index is 0.122. The van der Waals surface area contributed by atoms with Crippen molar-refractivity contribution < 1.29 is 9.84 Å². The molecule has 0 spiro atoms. The Morgan fingerprint density at radius 3 is 2.62 bits per heavy atom. The first kappa shape index (κ1) is 18.2. The van der Waals surface area contributed by atoms with Crippen molar-refractivity contribution >= 4 is 29.2 Å². The summed E-state index contributed by atoms with van der Waals surface area (Å²) in [6, 6.07) is 20.4. The van der Waals surface area contributed by atoms with Crippen molar-refractivity contribution in [2.24, 2.45) is 0 Å². The average Bonchev–Trinajstić information content (AvgIpc) is 3.19. The van der Waals surface area contributed by atoms with Crippen LogP contribution in [0.5, 0.6) is 5.75 Å². The van der Waals surface area contributed by atoms with Crippen LogP contribution in [0.15, 0.2) is 66.0 Å². The maximum atomic E-state index is 9.18. The number of ether oxygens (including phenoxy) is 1. The van der Waals surface area contributed by atoms with E-state index >= 15 is 0 Å². The molecule has 3 nitrogen and oxygen atoms in total. The van der Waals surface area contributed by atoms with Crippen molar-refractivity contribution in [2.45, 2.75) is 6.61 Å². The number of hydrogen-bond donors (Lipinski definition) is 1. The number of benzene rings is 2. The van der Waals surface area contributed by atoms with E-state index in [0.29, 0.717) is 13.2 Å². The Morgan fingerprint density at radius 1 is 1.04 bits per heavy atom.